The number of furan rings is 1. The van der Waals surface area contributed by atoms with Crippen molar-refractivity contribution in [3.8, 4) is 0 Å². The van der Waals surface area contributed by atoms with Crippen LogP contribution in [0.1, 0.15) is 45.8 Å². The predicted molar refractivity (Wildman–Crippen MR) is 77.7 cm³/mol. The van der Waals surface area contributed by atoms with Gasteiger partial charge in [0.2, 0.25) is 0 Å². The van der Waals surface area contributed by atoms with Gasteiger partial charge in [-0.05, 0) is 57.7 Å². The zero-order valence-electron chi connectivity index (χ0n) is 12.0. The van der Waals surface area contributed by atoms with Crippen LogP contribution < -0.4 is 5.32 Å². The highest BCUT2D eigenvalue weighted by Crippen LogP contribution is 2.11. The van der Waals surface area contributed by atoms with E-state index in [0.717, 1.165) is 31.2 Å². The third-order valence-electron chi connectivity index (χ3n) is 3.15. The summed E-state index contributed by atoms with van der Waals surface area (Å²) in [6.45, 7) is 8.79. The molecule has 0 aromatic carbocycles. The Bertz CT molecular complexity index is 323. The first kappa shape index (κ1) is 15.0. The number of allylic oxidation sites excluding steroid dienone is 2. The van der Waals surface area contributed by atoms with Crippen molar-refractivity contribution in [2.45, 2.75) is 46.5 Å². The molecule has 0 fully saturated rings. The van der Waals surface area contributed by atoms with Crippen LogP contribution in [-0.2, 0) is 6.42 Å². The SMILES string of the molecule is CC(C)=CCCC(C)CCNCCc1ccco1. The number of hydrogen-bond donors (Lipinski definition) is 1. The van der Waals surface area contributed by atoms with Crippen LogP contribution in [0.5, 0.6) is 0 Å². The molecule has 0 amide bonds. The van der Waals surface area contributed by atoms with Crippen LogP contribution in [0.15, 0.2) is 34.5 Å². The molecule has 18 heavy (non-hydrogen) atoms. The molecule has 1 atom stereocenters. The molecule has 1 rings (SSSR count). The molecule has 0 aliphatic rings. The first-order valence-corrected chi connectivity index (χ1v) is 7.05. The summed E-state index contributed by atoms with van der Waals surface area (Å²) >= 11 is 0. The van der Waals surface area contributed by atoms with Crippen LogP contribution in [0.2, 0.25) is 0 Å². The largest absolute Gasteiger partial charge is 0.469 e. The Morgan fingerprint density at radius 2 is 2.17 bits per heavy atom. The highest BCUT2D eigenvalue weighted by Gasteiger charge is 2.01. The van der Waals surface area contributed by atoms with E-state index in [0.29, 0.717) is 0 Å². The van der Waals surface area contributed by atoms with Crippen molar-refractivity contribution >= 4 is 0 Å². The molecule has 0 saturated heterocycles. The zero-order valence-corrected chi connectivity index (χ0v) is 12.0. The zero-order chi connectivity index (χ0) is 13.2. The summed E-state index contributed by atoms with van der Waals surface area (Å²) in [5.41, 5.74) is 1.43. The van der Waals surface area contributed by atoms with Gasteiger partial charge in [-0.25, -0.2) is 0 Å². The van der Waals surface area contributed by atoms with Crippen molar-refractivity contribution in [1.29, 1.82) is 0 Å². The molecule has 0 aliphatic heterocycles. The molecule has 2 nitrogen and oxygen atoms in total. The monoisotopic (exact) mass is 249 g/mol. The second kappa shape index (κ2) is 8.98. The van der Waals surface area contributed by atoms with Crippen LogP contribution in [0.3, 0.4) is 0 Å². The number of nitrogens with one attached hydrogen (secondary N) is 1. The summed E-state index contributed by atoms with van der Waals surface area (Å²) in [7, 11) is 0. The molecular weight excluding hydrogens is 222 g/mol. The molecule has 0 spiro atoms. The Hall–Kier alpha value is -1.02. The van der Waals surface area contributed by atoms with Crippen molar-refractivity contribution in [2.24, 2.45) is 5.92 Å². The van der Waals surface area contributed by atoms with Crippen LogP contribution in [0.25, 0.3) is 0 Å². The normalized spacial score (nSPS) is 12.4. The minimum Gasteiger partial charge on any atom is -0.469 e. The molecule has 1 N–H and O–H groups in total. The van der Waals surface area contributed by atoms with E-state index in [4.69, 9.17) is 4.42 Å². The van der Waals surface area contributed by atoms with Gasteiger partial charge in [-0.3, -0.25) is 0 Å². The minimum absolute atomic E-state index is 0.803. The van der Waals surface area contributed by atoms with Gasteiger partial charge in [0.05, 0.1) is 6.26 Å². The molecule has 1 unspecified atom stereocenters. The lowest BCUT2D eigenvalue weighted by Gasteiger charge is -2.10. The highest BCUT2D eigenvalue weighted by molar-refractivity contribution is 4.98. The van der Waals surface area contributed by atoms with Gasteiger partial charge in [-0.1, -0.05) is 18.6 Å². The van der Waals surface area contributed by atoms with Crippen LogP contribution in [-0.4, -0.2) is 13.1 Å². The number of hydrogen-bond acceptors (Lipinski definition) is 2. The minimum atomic E-state index is 0.803. The summed E-state index contributed by atoms with van der Waals surface area (Å²) in [5, 5.41) is 3.48. The predicted octanol–water partition coefficient (Wildman–Crippen LogP) is 4.18. The Balaban J connectivity index is 1.95. The van der Waals surface area contributed by atoms with Crippen molar-refractivity contribution in [2.75, 3.05) is 13.1 Å². The average molecular weight is 249 g/mol. The lowest BCUT2D eigenvalue weighted by molar-refractivity contribution is 0.462. The van der Waals surface area contributed by atoms with Gasteiger partial charge in [0.25, 0.3) is 0 Å². The fraction of sp³-hybridized carbons (Fsp3) is 0.625. The highest BCUT2D eigenvalue weighted by atomic mass is 16.3. The first-order chi connectivity index (χ1) is 8.68. The standard InChI is InChI=1S/C16H27NO/c1-14(2)6-4-7-15(3)9-11-17-12-10-16-8-5-13-18-16/h5-6,8,13,15,17H,4,7,9-12H2,1-3H3. The maximum Gasteiger partial charge on any atom is 0.105 e. The van der Waals surface area contributed by atoms with Crippen molar-refractivity contribution in [3.05, 3.63) is 35.8 Å². The van der Waals surface area contributed by atoms with Crippen LogP contribution >= 0.6 is 0 Å². The van der Waals surface area contributed by atoms with Crippen LogP contribution in [0.4, 0.5) is 0 Å². The summed E-state index contributed by atoms with van der Waals surface area (Å²) in [4.78, 5) is 0. The maximum absolute atomic E-state index is 5.29. The van der Waals surface area contributed by atoms with Gasteiger partial charge in [0.15, 0.2) is 0 Å². The van der Waals surface area contributed by atoms with E-state index in [1.807, 2.05) is 12.1 Å². The quantitative estimate of drug-likeness (QED) is 0.524. The second-order valence-electron chi connectivity index (χ2n) is 5.33. The summed E-state index contributed by atoms with van der Waals surface area (Å²) in [6.07, 6.45) is 8.83. The van der Waals surface area contributed by atoms with Gasteiger partial charge < -0.3 is 9.73 Å². The van der Waals surface area contributed by atoms with E-state index in [1.54, 1.807) is 6.26 Å². The van der Waals surface area contributed by atoms with E-state index < -0.39 is 0 Å². The fourth-order valence-corrected chi connectivity index (χ4v) is 1.94. The van der Waals surface area contributed by atoms with Crippen molar-refractivity contribution in [3.63, 3.8) is 0 Å². The van der Waals surface area contributed by atoms with Gasteiger partial charge in [0, 0.05) is 13.0 Å². The molecule has 2 heteroatoms. The third kappa shape index (κ3) is 7.33. The summed E-state index contributed by atoms with van der Waals surface area (Å²) in [5.74, 6) is 1.87. The Morgan fingerprint density at radius 1 is 1.33 bits per heavy atom. The van der Waals surface area contributed by atoms with E-state index in [-0.39, 0.29) is 0 Å². The van der Waals surface area contributed by atoms with E-state index in [1.165, 1.54) is 24.8 Å². The van der Waals surface area contributed by atoms with E-state index >= 15 is 0 Å². The maximum atomic E-state index is 5.29. The average Bonchev–Trinajstić information content (AvgIpc) is 2.81. The smallest absolute Gasteiger partial charge is 0.105 e. The van der Waals surface area contributed by atoms with Crippen molar-refractivity contribution in [1.82, 2.24) is 5.32 Å². The van der Waals surface area contributed by atoms with E-state index in [9.17, 15) is 0 Å². The Labute approximate surface area is 111 Å². The lowest BCUT2D eigenvalue weighted by Crippen LogP contribution is -2.20. The first-order valence-electron chi connectivity index (χ1n) is 7.05. The molecule has 0 saturated carbocycles. The molecule has 1 heterocycles. The third-order valence-corrected chi connectivity index (χ3v) is 3.15. The van der Waals surface area contributed by atoms with Gasteiger partial charge in [0.1, 0.15) is 5.76 Å². The Morgan fingerprint density at radius 3 is 2.83 bits per heavy atom. The topological polar surface area (TPSA) is 25.2 Å². The van der Waals surface area contributed by atoms with Gasteiger partial charge in [-0.15, -0.1) is 0 Å². The fourth-order valence-electron chi connectivity index (χ4n) is 1.94. The molecule has 0 radical (unpaired) electrons. The molecule has 0 bridgehead atoms. The summed E-state index contributed by atoms with van der Waals surface area (Å²) < 4.78 is 5.29. The molecule has 1 aromatic heterocycles. The van der Waals surface area contributed by atoms with Gasteiger partial charge in [-0.2, -0.15) is 0 Å². The van der Waals surface area contributed by atoms with Crippen molar-refractivity contribution < 1.29 is 4.42 Å². The molecule has 0 aliphatic carbocycles. The molecule has 102 valence electrons. The second-order valence-corrected chi connectivity index (χ2v) is 5.33. The van der Waals surface area contributed by atoms with Gasteiger partial charge >= 0.3 is 0 Å². The Kier molecular flexibility index (Phi) is 7.51. The van der Waals surface area contributed by atoms with Crippen LogP contribution in [0, 0.1) is 5.92 Å². The summed E-state index contributed by atoms with van der Waals surface area (Å²) in [6, 6.07) is 3.98. The molecule has 1 aromatic rings. The number of rotatable bonds is 9. The lowest BCUT2D eigenvalue weighted by atomic mass is 10.0. The van der Waals surface area contributed by atoms with E-state index in [2.05, 4.69) is 32.2 Å². The molecular formula is C16H27NO.